The Balaban J connectivity index is 1.66. The third-order valence-electron chi connectivity index (χ3n) is 5.19. The van der Waals surface area contributed by atoms with Gasteiger partial charge >= 0.3 is 0 Å². The number of nitrogens with one attached hydrogen (secondary N) is 1. The van der Waals surface area contributed by atoms with Crippen LogP contribution in [0.2, 0.25) is 0 Å². The lowest BCUT2D eigenvalue weighted by Gasteiger charge is -2.16. The first-order valence-corrected chi connectivity index (χ1v) is 10.2. The Kier molecular flexibility index (Phi) is 5.03. The van der Waals surface area contributed by atoms with Crippen molar-refractivity contribution in [3.63, 3.8) is 0 Å². The van der Waals surface area contributed by atoms with Crippen molar-refractivity contribution in [2.24, 2.45) is 0 Å². The smallest absolute Gasteiger partial charge is 0.262 e. The number of nitrogens with zero attached hydrogens (tertiary/aromatic N) is 2. The van der Waals surface area contributed by atoms with Crippen LogP contribution in [0.1, 0.15) is 24.1 Å². The molecule has 0 fully saturated rings. The topological polar surface area (TPSA) is 64.0 Å². The van der Waals surface area contributed by atoms with Gasteiger partial charge in [-0.3, -0.25) is 14.2 Å². The summed E-state index contributed by atoms with van der Waals surface area (Å²) in [6.07, 6.45) is 1.46. The van der Waals surface area contributed by atoms with Gasteiger partial charge in [-0.2, -0.15) is 0 Å². The number of amides is 1. The Labute approximate surface area is 172 Å². The number of aromatic nitrogens is 2. The number of hydrogen-bond acceptors (Lipinski definition) is 4. The van der Waals surface area contributed by atoms with Gasteiger partial charge in [-0.05, 0) is 49.6 Å². The maximum absolute atomic E-state index is 13.0. The number of fused-ring (bicyclic) bond motifs is 1. The van der Waals surface area contributed by atoms with Gasteiger partial charge in [-0.1, -0.05) is 42.5 Å². The van der Waals surface area contributed by atoms with Gasteiger partial charge in [0.25, 0.3) is 5.56 Å². The summed E-state index contributed by atoms with van der Waals surface area (Å²) in [6, 6.07) is 16.8. The van der Waals surface area contributed by atoms with Crippen molar-refractivity contribution in [2.45, 2.75) is 26.8 Å². The third kappa shape index (κ3) is 3.59. The van der Waals surface area contributed by atoms with Crippen LogP contribution in [-0.2, 0) is 4.79 Å². The van der Waals surface area contributed by atoms with Gasteiger partial charge in [0.2, 0.25) is 5.91 Å². The number of benzene rings is 2. The van der Waals surface area contributed by atoms with Gasteiger partial charge in [0.05, 0.1) is 11.7 Å². The van der Waals surface area contributed by atoms with E-state index in [1.807, 2.05) is 68.4 Å². The summed E-state index contributed by atoms with van der Waals surface area (Å²) in [7, 11) is 0. The fourth-order valence-corrected chi connectivity index (χ4v) is 4.20. The van der Waals surface area contributed by atoms with Crippen molar-refractivity contribution in [1.82, 2.24) is 9.55 Å². The molecule has 6 heteroatoms. The molecule has 2 aromatic carbocycles. The molecule has 0 saturated carbocycles. The van der Waals surface area contributed by atoms with Gasteiger partial charge in [0.15, 0.2) is 0 Å². The molecule has 0 aliphatic rings. The van der Waals surface area contributed by atoms with E-state index >= 15 is 0 Å². The molecule has 0 radical (unpaired) electrons. The first kappa shape index (κ1) is 19.1. The van der Waals surface area contributed by atoms with Crippen LogP contribution in [0.3, 0.4) is 0 Å². The summed E-state index contributed by atoms with van der Waals surface area (Å²) >= 11 is 1.47. The van der Waals surface area contributed by atoms with Crippen LogP contribution in [0.5, 0.6) is 0 Å². The summed E-state index contributed by atoms with van der Waals surface area (Å²) in [6.45, 7) is 5.67. The van der Waals surface area contributed by atoms with Crippen LogP contribution < -0.4 is 10.9 Å². The number of hydrogen-bond donors (Lipinski definition) is 1. The Bertz CT molecular complexity index is 1260. The molecule has 1 N–H and O–H groups in total. The Hall–Kier alpha value is -3.25. The monoisotopic (exact) mass is 403 g/mol. The molecular formula is C23H21N3O2S. The quantitative estimate of drug-likeness (QED) is 0.525. The predicted molar refractivity (Wildman–Crippen MR) is 119 cm³/mol. The van der Waals surface area contributed by atoms with Gasteiger partial charge in [0, 0.05) is 10.6 Å². The highest BCUT2D eigenvalue weighted by Gasteiger charge is 2.20. The molecule has 0 bridgehead atoms. The van der Waals surface area contributed by atoms with Crippen molar-refractivity contribution >= 4 is 33.1 Å². The summed E-state index contributed by atoms with van der Waals surface area (Å²) in [4.78, 5) is 31.9. The summed E-state index contributed by atoms with van der Waals surface area (Å²) in [5.41, 5.74) is 3.70. The van der Waals surface area contributed by atoms with Crippen molar-refractivity contribution in [1.29, 1.82) is 0 Å². The Morgan fingerprint density at radius 3 is 2.62 bits per heavy atom. The van der Waals surface area contributed by atoms with Crippen LogP contribution >= 0.6 is 11.3 Å². The fourth-order valence-electron chi connectivity index (χ4n) is 3.21. The van der Waals surface area contributed by atoms with E-state index in [0.29, 0.717) is 10.2 Å². The SMILES string of the molecule is Cc1cccc(NC(=O)C(C)n2cnc3sc(-c4ccccc4)cc3c2=O)c1C. The number of anilines is 1. The molecule has 1 unspecified atom stereocenters. The molecule has 0 aliphatic carbocycles. The average molecular weight is 404 g/mol. The van der Waals surface area contributed by atoms with Crippen molar-refractivity contribution in [3.8, 4) is 10.4 Å². The van der Waals surface area contributed by atoms with Crippen LogP contribution in [0.4, 0.5) is 5.69 Å². The lowest BCUT2D eigenvalue weighted by molar-refractivity contribution is -0.118. The predicted octanol–water partition coefficient (Wildman–Crippen LogP) is 4.94. The molecule has 0 saturated heterocycles. The zero-order chi connectivity index (χ0) is 20.5. The zero-order valence-corrected chi connectivity index (χ0v) is 17.3. The highest BCUT2D eigenvalue weighted by atomic mass is 32.1. The van der Waals surface area contributed by atoms with Gasteiger partial charge in [-0.25, -0.2) is 4.98 Å². The van der Waals surface area contributed by atoms with E-state index in [1.54, 1.807) is 6.92 Å². The second-order valence-electron chi connectivity index (χ2n) is 7.07. The standard InChI is InChI=1S/C23H21N3O2S/c1-14-8-7-11-19(15(14)2)25-21(27)16(3)26-13-24-22-18(23(26)28)12-20(29-22)17-9-5-4-6-10-17/h4-13,16H,1-3H3,(H,25,27). The van der Waals surface area contributed by atoms with E-state index in [0.717, 1.165) is 27.3 Å². The average Bonchev–Trinajstić information content (AvgIpc) is 3.17. The molecule has 4 aromatic rings. The second-order valence-corrected chi connectivity index (χ2v) is 8.10. The molecular weight excluding hydrogens is 382 g/mol. The highest BCUT2D eigenvalue weighted by molar-refractivity contribution is 7.21. The first-order chi connectivity index (χ1) is 14.0. The van der Waals surface area contributed by atoms with E-state index in [9.17, 15) is 9.59 Å². The largest absolute Gasteiger partial charge is 0.324 e. The van der Waals surface area contributed by atoms with E-state index < -0.39 is 6.04 Å². The number of carbonyl (C=O) groups excluding carboxylic acids is 1. The van der Waals surface area contributed by atoms with E-state index in [4.69, 9.17) is 0 Å². The normalized spacial score (nSPS) is 12.1. The minimum Gasteiger partial charge on any atom is -0.324 e. The van der Waals surface area contributed by atoms with Crippen LogP contribution in [0.15, 0.2) is 65.7 Å². The minimum atomic E-state index is -0.681. The molecule has 146 valence electrons. The maximum Gasteiger partial charge on any atom is 0.262 e. The Morgan fingerprint density at radius 2 is 1.86 bits per heavy atom. The Morgan fingerprint density at radius 1 is 1.10 bits per heavy atom. The first-order valence-electron chi connectivity index (χ1n) is 9.39. The van der Waals surface area contributed by atoms with E-state index in [2.05, 4.69) is 10.3 Å². The molecule has 1 amide bonds. The number of aryl methyl sites for hydroxylation is 1. The molecule has 4 rings (SSSR count). The zero-order valence-electron chi connectivity index (χ0n) is 16.5. The second kappa shape index (κ2) is 7.64. The number of thiophene rings is 1. The molecule has 0 spiro atoms. The molecule has 5 nitrogen and oxygen atoms in total. The third-order valence-corrected chi connectivity index (χ3v) is 6.29. The van der Waals surface area contributed by atoms with Crippen molar-refractivity contribution in [2.75, 3.05) is 5.32 Å². The van der Waals surface area contributed by atoms with Gasteiger partial charge < -0.3 is 5.32 Å². The van der Waals surface area contributed by atoms with Crippen LogP contribution in [-0.4, -0.2) is 15.5 Å². The lowest BCUT2D eigenvalue weighted by Crippen LogP contribution is -2.31. The van der Waals surface area contributed by atoms with Gasteiger partial charge in [0.1, 0.15) is 10.9 Å². The number of carbonyl (C=O) groups is 1. The summed E-state index contributed by atoms with van der Waals surface area (Å²) < 4.78 is 1.39. The minimum absolute atomic E-state index is 0.211. The van der Waals surface area contributed by atoms with E-state index in [1.165, 1.54) is 22.2 Å². The van der Waals surface area contributed by atoms with Crippen molar-refractivity contribution in [3.05, 3.63) is 82.4 Å². The fraction of sp³-hybridized carbons (Fsp3) is 0.174. The molecule has 0 aliphatic heterocycles. The highest BCUT2D eigenvalue weighted by Crippen LogP contribution is 2.30. The summed E-state index contributed by atoms with van der Waals surface area (Å²) in [5, 5.41) is 3.46. The molecule has 2 heterocycles. The summed E-state index contributed by atoms with van der Waals surface area (Å²) in [5.74, 6) is -0.250. The van der Waals surface area contributed by atoms with Gasteiger partial charge in [-0.15, -0.1) is 11.3 Å². The lowest BCUT2D eigenvalue weighted by atomic mass is 10.1. The molecule has 29 heavy (non-hydrogen) atoms. The van der Waals surface area contributed by atoms with Crippen molar-refractivity contribution < 1.29 is 4.79 Å². The molecule has 2 aromatic heterocycles. The van der Waals surface area contributed by atoms with Crippen LogP contribution in [0.25, 0.3) is 20.7 Å². The van der Waals surface area contributed by atoms with Crippen LogP contribution in [0, 0.1) is 13.8 Å². The maximum atomic E-state index is 13.0. The number of rotatable bonds is 4. The molecule has 1 atom stereocenters. The van der Waals surface area contributed by atoms with E-state index in [-0.39, 0.29) is 11.5 Å².